The van der Waals surface area contributed by atoms with Crippen LogP contribution in [0.2, 0.25) is 5.02 Å². The molecule has 0 saturated heterocycles. The first-order valence-corrected chi connectivity index (χ1v) is 5.09. The molecule has 0 saturated carbocycles. The molecule has 0 radical (unpaired) electrons. The van der Waals surface area contributed by atoms with Crippen molar-refractivity contribution >= 4 is 17.9 Å². The van der Waals surface area contributed by atoms with Gasteiger partial charge in [0.05, 0.1) is 0 Å². The number of hydrogen-bond acceptors (Lipinski definition) is 1. The largest absolute Gasteiger partial charge is 0.298 e. The van der Waals surface area contributed by atoms with E-state index in [1.165, 1.54) is 18.2 Å². The highest BCUT2D eigenvalue weighted by molar-refractivity contribution is 6.30. The Morgan fingerprint density at radius 3 is 2.62 bits per heavy atom. The van der Waals surface area contributed by atoms with Crippen LogP contribution in [0.5, 0.6) is 0 Å². The van der Waals surface area contributed by atoms with Crippen LogP contribution in [0, 0.1) is 5.82 Å². The van der Waals surface area contributed by atoms with Crippen LogP contribution in [-0.4, -0.2) is 6.29 Å². The van der Waals surface area contributed by atoms with Gasteiger partial charge in [-0.15, -0.1) is 0 Å². The second-order valence-corrected chi connectivity index (χ2v) is 3.80. The Labute approximate surface area is 97.5 Å². The Morgan fingerprint density at radius 1 is 1.12 bits per heavy atom. The quantitative estimate of drug-likeness (QED) is 0.719. The predicted molar refractivity (Wildman–Crippen MR) is 62.2 cm³/mol. The van der Waals surface area contributed by atoms with E-state index in [1.54, 1.807) is 24.3 Å². The van der Waals surface area contributed by atoms with Gasteiger partial charge in [0.1, 0.15) is 12.1 Å². The SMILES string of the molecule is O=Cc1ccc(F)c(-c2cccc(Cl)c2)c1. The zero-order valence-corrected chi connectivity index (χ0v) is 9.04. The molecule has 2 rings (SSSR count). The second kappa shape index (κ2) is 4.45. The normalized spacial score (nSPS) is 10.1. The lowest BCUT2D eigenvalue weighted by Crippen LogP contribution is -1.87. The minimum atomic E-state index is -0.368. The highest BCUT2D eigenvalue weighted by atomic mass is 35.5. The van der Waals surface area contributed by atoms with Crippen molar-refractivity contribution in [2.75, 3.05) is 0 Å². The zero-order valence-electron chi connectivity index (χ0n) is 8.28. The van der Waals surface area contributed by atoms with Crippen LogP contribution >= 0.6 is 11.6 Å². The predicted octanol–water partition coefficient (Wildman–Crippen LogP) is 3.96. The lowest BCUT2D eigenvalue weighted by atomic mass is 10.0. The summed E-state index contributed by atoms with van der Waals surface area (Å²) in [5.41, 5.74) is 1.48. The first-order chi connectivity index (χ1) is 7.70. The van der Waals surface area contributed by atoms with Crippen molar-refractivity contribution in [1.29, 1.82) is 0 Å². The summed E-state index contributed by atoms with van der Waals surface area (Å²) in [4.78, 5) is 10.6. The summed E-state index contributed by atoms with van der Waals surface area (Å²) in [6.45, 7) is 0. The first kappa shape index (κ1) is 10.8. The monoisotopic (exact) mass is 234 g/mol. The Hall–Kier alpha value is -1.67. The fourth-order valence-corrected chi connectivity index (χ4v) is 1.68. The van der Waals surface area contributed by atoms with E-state index < -0.39 is 0 Å². The highest BCUT2D eigenvalue weighted by Gasteiger charge is 2.06. The number of carbonyl (C=O) groups is 1. The molecule has 0 unspecified atom stereocenters. The van der Waals surface area contributed by atoms with Gasteiger partial charge in [0.15, 0.2) is 0 Å². The van der Waals surface area contributed by atoms with Gasteiger partial charge in [0, 0.05) is 16.1 Å². The molecule has 0 atom stereocenters. The van der Waals surface area contributed by atoms with Gasteiger partial charge in [-0.3, -0.25) is 4.79 Å². The summed E-state index contributed by atoms with van der Waals surface area (Å²) in [6.07, 6.45) is 0.688. The highest BCUT2D eigenvalue weighted by Crippen LogP contribution is 2.25. The molecular weight excluding hydrogens is 227 g/mol. The van der Waals surface area contributed by atoms with Crippen molar-refractivity contribution in [3.05, 3.63) is 58.9 Å². The first-order valence-electron chi connectivity index (χ1n) is 4.71. The van der Waals surface area contributed by atoms with Crippen molar-refractivity contribution in [3.63, 3.8) is 0 Å². The second-order valence-electron chi connectivity index (χ2n) is 3.37. The van der Waals surface area contributed by atoms with Gasteiger partial charge in [-0.25, -0.2) is 4.39 Å². The molecule has 0 bridgehead atoms. The van der Waals surface area contributed by atoms with Crippen molar-refractivity contribution < 1.29 is 9.18 Å². The van der Waals surface area contributed by atoms with Crippen LogP contribution < -0.4 is 0 Å². The van der Waals surface area contributed by atoms with Gasteiger partial charge in [0.2, 0.25) is 0 Å². The van der Waals surface area contributed by atoms with Gasteiger partial charge < -0.3 is 0 Å². The fraction of sp³-hybridized carbons (Fsp3) is 0. The molecular formula is C13H8ClFO. The molecule has 1 nitrogen and oxygen atoms in total. The minimum Gasteiger partial charge on any atom is -0.298 e. The molecule has 0 fully saturated rings. The molecule has 0 heterocycles. The van der Waals surface area contributed by atoms with Crippen LogP contribution in [0.15, 0.2) is 42.5 Å². The number of rotatable bonds is 2. The molecule has 2 aromatic carbocycles. The van der Waals surface area contributed by atoms with Gasteiger partial charge in [-0.1, -0.05) is 23.7 Å². The lowest BCUT2D eigenvalue weighted by Gasteiger charge is -2.04. The van der Waals surface area contributed by atoms with Crippen molar-refractivity contribution in [1.82, 2.24) is 0 Å². The lowest BCUT2D eigenvalue weighted by molar-refractivity contribution is 0.112. The van der Waals surface area contributed by atoms with Gasteiger partial charge >= 0.3 is 0 Å². The van der Waals surface area contributed by atoms with Crippen LogP contribution in [0.1, 0.15) is 10.4 Å². The van der Waals surface area contributed by atoms with Crippen molar-refractivity contribution in [3.8, 4) is 11.1 Å². The van der Waals surface area contributed by atoms with E-state index in [4.69, 9.17) is 11.6 Å². The Morgan fingerprint density at radius 2 is 1.94 bits per heavy atom. The molecule has 3 heteroatoms. The van der Waals surface area contributed by atoms with E-state index in [1.807, 2.05) is 0 Å². The summed E-state index contributed by atoms with van der Waals surface area (Å²) < 4.78 is 13.6. The van der Waals surface area contributed by atoms with Crippen molar-refractivity contribution in [2.24, 2.45) is 0 Å². The summed E-state index contributed by atoms with van der Waals surface area (Å²) in [7, 11) is 0. The molecule has 0 spiro atoms. The van der Waals surface area contributed by atoms with E-state index in [2.05, 4.69) is 0 Å². The maximum Gasteiger partial charge on any atom is 0.150 e. The van der Waals surface area contributed by atoms with Gasteiger partial charge in [-0.05, 0) is 35.9 Å². The topological polar surface area (TPSA) is 17.1 Å². The maximum atomic E-state index is 13.6. The Kier molecular flexibility index (Phi) is 3.02. The average Bonchev–Trinajstić information content (AvgIpc) is 2.30. The van der Waals surface area contributed by atoms with E-state index in [-0.39, 0.29) is 5.82 Å². The average molecular weight is 235 g/mol. The number of aldehydes is 1. The number of benzene rings is 2. The zero-order chi connectivity index (χ0) is 11.5. The maximum absolute atomic E-state index is 13.6. The minimum absolute atomic E-state index is 0.368. The summed E-state index contributed by atoms with van der Waals surface area (Å²) >= 11 is 5.83. The molecule has 0 N–H and O–H groups in total. The number of hydrogen-bond donors (Lipinski definition) is 0. The van der Waals surface area contributed by atoms with Gasteiger partial charge in [0.25, 0.3) is 0 Å². The van der Waals surface area contributed by atoms with Crippen LogP contribution in [-0.2, 0) is 0 Å². The molecule has 0 aromatic heterocycles. The van der Waals surface area contributed by atoms with Crippen LogP contribution in [0.4, 0.5) is 4.39 Å². The molecule has 0 aliphatic heterocycles. The third kappa shape index (κ3) is 2.12. The Bertz CT molecular complexity index is 537. The third-order valence-electron chi connectivity index (χ3n) is 2.26. The molecule has 0 amide bonds. The number of carbonyl (C=O) groups excluding carboxylic acids is 1. The van der Waals surface area contributed by atoms with E-state index in [0.717, 1.165) is 0 Å². The molecule has 80 valence electrons. The van der Waals surface area contributed by atoms with E-state index >= 15 is 0 Å². The summed E-state index contributed by atoms with van der Waals surface area (Å²) in [5, 5.41) is 0.536. The van der Waals surface area contributed by atoms with Gasteiger partial charge in [-0.2, -0.15) is 0 Å². The van der Waals surface area contributed by atoms with E-state index in [9.17, 15) is 9.18 Å². The third-order valence-corrected chi connectivity index (χ3v) is 2.50. The molecule has 0 aliphatic rings. The van der Waals surface area contributed by atoms with Crippen LogP contribution in [0.3, 0.4) is 0 Å². The summed E-state index contributed by atoms with van der Waals surface area (Å²) in [6, 6.07) is 11.1. The fourth-order valence-electron chi connectivity index (χ4n) is 1.49. The van der Waals surface area contributed by atoms with Crippen LogP contribution in [0.25, 0.3) is 11.1 Å². The smallest absolute Gasteiger partial charge is 0.150 e. The molecule has 2 aromatic rings. The Balaban J connectivity index is 2.58. The molecule has 0 aliphatic carbocycles. The summed E-state index contributed by atoms with van der Waals surface area (Å²) in [5.74, 6) is -0.368. The standard InChI is InChI=1S/C13H8ClFO/c14-11-3-1-2-10(7-11)12-6-9(8-16)4-5-13(12)15/h1-8H. The number of halogens is 2. The van der Waals surface area contributed by atoms with Crippen molar-refractivity contribution in [2.45, 2.75) is 0 Å². The van der Waals surface area contributed by atoms with E-state index in [0.29, 0.717) is 28.0 Å². The molecule has 16 heavy (non-hydrogen) atoms.